The third-order valence-electron chi connectivity index (χ3n) is 4.95. The van der Waals surface area contributed by atoms with Gasteiger partial charge in [-0.25, -0.2) is 4.79 Å². The zero-order chi connectivity index (χ0) is 19.6. The van der Waals surface area contributed by atoms with Crippen LogP contribution in [0, 0.1) is 13.8 Å². The Hall–Kier alpha value is -2.82. The number of aryl methyl sites for hydroxylation is 1. The first-order chi connectivity index (χ1) is 12.9. The molecule has 1 heterocycles. The third kappa shape index (κ3) is 4.30. The maximum atomic E-state index is 12.5. The molecule has 0 saturated heterocycles. The minimum absolute atomic E-state index is 0.269. The Labute approximate surface area is 160 Å². The molecule has 1 aromatic heterocycles. The van der Waals surface area contributed by atoms with Crippen LogP contribution in [0.3, 0.4) is 0 Å². The van der Waals surface area contributed by atoms with Crippen LogP contribution in [-0.2, 0) is 14.3 Å². The molecule has 0 unspecified atom stereocenters. The van der Waals surface area contributed by atoms with Crippen molar-refractivity contribution in [3.63, 3.8) is 0 Å². The second kappa shape index (κ2) is 7.82. The lowest BCUT2D eigenvalue weighted by Crippen LogP contribution is -2.37. The van der Waals surface area contributed by atoms with Crippen molar-refractivity contribution in [1.82, 2.24) is 4.57 Å². The van der Waals surface area contributed by atoms with Crippen LogP contribution in [-0.4, -0.2) is 29.6 Å². The molecule has 5 heteroatoms. The van der Waals surface area contributed by atoms with Crippen molar-refractivity contribution in [1.29, 1.82) is 0 Å². The molecule has 1 aromatic carbocycles. The van der Waals surface area contributed by atoms with Gasteiger partial charge in [0.1, 0.15) is 0 Å². The van der Waals surface area contributed by atoms with Gasteiger partial charge in [0, 0.05) is 36.2 Å². The van der Waals surface area contributed by atoms with E-state index in [0.717, 1.165) is 16.9 Å². The van der Waals surface area contributed by atoms with Crippen LogP contribution in [0.2, 0.25) is 0 Å². The van der Waals surface area contributed by atoms with E-state index in [4.69, 9.17) is 4.74 Å². The molecule has 0 bridgehead atoms. The van der Waals surface area contributed by atoms with Gasteiger partial charge in [0.2, 0.25) is 0 Å². The number of carbonyl (C=O) groups is 2. The minimum Gasteiger partial charge on any atom is -0.449 e. The fraction of sp³-hybridized carbons (Fsp3) is 0.364. The van der Waals surface area contributed by atoms with E-state index in [1.54, 1.807) is 20.0 Å². The van der Waals surface area contributed by atoms with Crippen molar-refractivity contribution in [2.24, 2.45) is 0 Å². The summed E-state index contributed by atoms with van der Waals surface area (Å²) in [6.45, 7) is 5.74. The predicted octanol–water partition coefficient (Wildman–Crippen LogP) is 4.05. The standard InChI is InChI=1S/C22H26N2O3/c1-15-14-18(16(2)24(15)20-11-12-20)10-13-21(25)27-17(3)22(26)23(4)19-8-6-5-7-9-19/h5-10,13-14,17,20H,11-12H2,1-4H3/b13-10+/t17-/m0/s1. The first kappa shape index (κ1) is 19.0. The van der Waals surface area contributed by atoms with E-state index in [1.165, 1.54) is 29.5 Å². The van der Waals surface area contributed by atoms with Gasteiger partial charge in [-0.3, -0.25) is 4.79 Å². The molecule has 1 saturated carbocycles. The SMILES string of the molecule is Cc1cc(/C=C/C(=O)O[C@@H](C)C(=O)N(C)c2ccccc2)c(C)n1C1CC1. The van der Waals surface area contributed by atoms with Crippen LogP contribution < -0.4 is 4.90 Å². The van der Waals surface area contributed by atoms with Crippen LogP contribution in [0.4, 0.5) is 5.69 Å². The van der Waals surface area contributed by atoms with Gasteiger partial charge < -0.3 is 14.2 Å². The molecule has 1 aliphatic rings. The molecule has 1 aliphatic carbocycles. The van der Waals surface area contributed by atoms with E-state index < -0.39 is 12.1 Å². The molecular formula is C22H26N2O3. The molecule has 3 rings (SSSR count). The quantitative estimate of drug-likeness (QED) is 0.572. The molecule has 5 nitrogen and oxygen atoms in total. The summed E-state index contributed by atoms with van der Waals surface area (Å²) in [6.07, 6.45) is 4.74. The minimum atomic E-state index is -0.855. The molecule has 0 spiro atoms. The molecule has 142 valence electrons. The van der Waals surface area contributed by atoms with Crippen molar-refractivity contribution in [3.05, 3.63) is 59.4 Å². The molecule has 0 N–H and O–H groups in total. The predicted molar refractivity (Wildman–Crippen MR) is 107 cm³/mol. The van der Waals surface area contributed by atoms with Crippen LogP contribution in [0.15, 0.2) is 42.5 Å². The number of para-hydroxylation sites is 1. The number of hydrogen-bond donors (Lipinski definition) is 0. The van der Waals surface area contributed by atoms with E-state index in [2.05, 4.69) is 24.5 Å². The van der Waals surface area contributed by atoms with Gasteiger partial charge in [0.05, 0.1) is 0 Å². The second-order valence-electron chi connectivity index (χ2n) is 7.07. The van der Waals surface area contributed by atoms with Crippen molar-refractivity contribution >= 4 is 23.6 Å². The van der Waals surface area contributed by atoms with Crippen molar-refractivity contribution in [2.75, 3.05) is 11.9 Å². The zero-order valence-electron chi connectivity index (χ0n) is 16.3. The lowest BCUT2D eigenvalue weighted by molar-refractivity contribution is -0.148. The average molecular weight is 366 g/mol. The Kier molecular flexibility index (Phi) is 5.49. The number of benzene rings is 1. The lowest BCUT2D eigenvalue weighted by Gasteiger charge is -2.21. The summed E-state index contributed by atoms with van der Waals surface area (Å²) in [5, 5.41) is 0. The summed E-state index contributed by atoms with van der Waals surface area (Å²) in [5.41, 5.74) is 4.13. The van der Waals surface area contributed by atoms with Crippen LogP contribution >= 0.6 is 0 Å². The number of carbonyl (C=O) groups excluding carboxylic acids is 2. The molecular weight excluding hydrogens is 340 g/mol. The first-order valence-corrected chi connectivity index (χ1v) is 9.28. The van der Waals surface area contributed by atoms with Crippen molar-refractivity contribution in [2.45, 2.75) is 45.8 Å². The molecule has 2 aromatic rings. The average Bonchev–Trinajstić information content (AvgIpc) is 3.45. The van der Waals surface area contributed by atoms with Gasteiger partial charge in [-0.2, -0.15) is 0 Å². The van der Waals surface area contributed by atoms with Crippen LogP contribution in [0.1, 0.15) is 42.8 Å². The number of hydrogen-bond acceptors (Lipinski definition) is 3. The van der Waals surface area contributed by atoms with Gasteiger partial charge in [-0.1, -0.05) is 18.2 Å². The van der Waals surface area contributed by atoms with E-state index in [9.17, 15) is 9.59 Å². The van der Waals surface area contributed by atoms with E-state index in [1.807, 2.05) is 30.3 Å². The lowest BCUT2D eigenvalue weighted by atomic mass is 10.2. The second-order valence-corrected chi connectivity index (χ2v) is 7.07. The van der Waals surface area contributed by atoms with Gasteiger partial charge in [-0.15, -0.1) is 0 Å². The Bertz CT molecular complexity index is 863. The summed E-state index contributed by atoms with van der Waals surface area (Å²) in [4.78, 5) is 26.1. The van der Waals surface area contributed by atoms with E-state index >= 15 is 0 Å². The smallest absolute Gasteiger partial charge is 0.331 e. The van der Waals surface area contributed by atoms with E-state index in [-0.39, 0.29) is 5.91 Å². The highest BCUT2D eigenvalue weighted by atomic mass is 16.5. The van der Waals surface area contributed by atoms with E-state index in [0.29, 0.717) is 6.04 Å². The van der Waals surface area contributed by atoms with Crippen LogP contribution in [0.5, 0.6) is 0 Å². The maximum absolute atomic E-state index is 12.5. The molecule has 27 heavy (non-hydrogen) atoms. The highest BCUT2D eigenvalue weighted by Gasteiger charge is 2.26. The molecule has 0 aliphatic heterocycles. The van der Waals surface area contributed by atoms with Crippen LogP contribution in [0.25, 0.3) is 6.08 Å². The highest BCUT2D eigenvalue weighted by molar-refractivity contribution is 5.98. The number of rotatable bonds is 6. The van der Waals surface area contributed by atoms with Gasteiger partial charge in [0.25, 0.3) is 5.91 Å². The Balaban J connectivity index is 1.61. The molecule has 1 atom stereocenters. The number of nitrogens with zero attached hydrogens (tertiary/aromatic N) is 2. The van der Waals surface area contributed by atoms with Gasteiger partial charge >= 0.3 is 5.97 Å². The number of anilines is 1. The monoisotopic (exact) mass is 366 g/mol. The number of aromatic nitrogens is 1. The fourth-order valence-electron chi connectivity index (χ4n) is 3.34. The summed E-state index contributed by atoms with van der Waals surface area (Å²) in [6, 6.07) is 12.0. The molecule has 1 amide bonds. The Morgan fingerprint density at radius 3 is 2.52 bits per heavy atom. The number of amides is 1. The van der Waals surface area contributed by atoms with Gasteiger partial charge in [0.15, 0.2) is 6.10 Å². The van der Waals surface area contributed by atoms with Gasteiger partial charge in [-0.05, 0) is 63.5 Å². The Morgan fingerprint density at radius 1 is 1.22 bits per heavy atom. The maximum Gasteiger partial charge on any atom is 0.331 e. The summed E-state index contributed by atoms with van der Waals surface area (Å²) in [7, 11) is 1.67. The number of esters is 1. The molecule has 0 radical (unpaired) electrons. The number of ether oxygens (including phenoxy) is 1. The number of likely N-dealkylation sites (N-methyl/N-ethyl adjacent to an activating group) is 1. The normalized spacial score (nSPS) is 15.0. The van der Waals surface area contributed by atoms with Crippen molar-refractivity contribution in [3.8, 4) is 0 Å². The highest BCUT2D eigenvalue weighted by Crippen LogP contribution is 2.38. The van der Waals surface area contributed by atoms with Crippen molar-refractivity contribution < 1.29 is 14.3 Å². The summed E-state index contributed by atoms with van der Waals surface area (Å²) in [5.74, 6) is -0.789. The first-order valence-electron chi connectivity index (χ1n) is 9.28. The largest absolute Gasteiger partial charge is 0.449 e. The Morgan fingerprint density at radius 2 is 1.89 bits per heavy atom. The third-order valence-corrected chi connectivity index (χ3v) is 4.95. The molecule has 1 fully saturated rings. The topological polar surface area (TPSA) is 51.5 Å². The fourth-order valence-corrected chi connectivity index (χ4v) is 3.34. The zero-order valence-corrected chi connectivity index (χ0v) is 16.3. The summed E-state index contributed by atoms with van der Waals surface area (Å²) >= 11 is 0. The summed E-state index contributed by atoms with van der Waals surface area (Å²) < 4.78 is 7.61.